The average molecular weight is 499 g/mol. The number of piperidine rings is 1. The molecule has 2 aromatic heterocycles. The predicted octanol–water partition coefficient (Wildman–Crippen LogP) is 4.00. The molecule has 148 valence electrons. The highest BCUT2D eigenvalue weighted by Gasteiger charge is 2.12. The van der Waals surface area contributed by atoms with Crippen LogP contribution in [0.3, 0.4) is 0 Å². The number of nitrogens with zero attached hydrogens (tertiary/aromatic N) is 4. The Bertz CT molecular complexity index is 698. The molecule has 0 aliphatic carbocycles. The summed E-state index contributed by atoms with van der Waals surface area (Å²) in [6, 6.07) is 8.58. The molecule has 3 heterocycles. The van der Waals surface area contributed by atoms with Gasteiger partial charge < -0.3 is 15.1 Å². The normalized spacial score (nSPS) is 14.6. The molecule has 0 bridgehead atoms. The molecule has 0 amide bonds. The number of aromatic nitrogens is 1. The maximum atomic E-state index is 4.56. The van der Waals surface area contributed by atoms with E-state index in [1.165, 1.54) is 29.7 Å². The number of likely N-dealkylation sites (N-methyl/N-ethyl adjacent to an activating group) is 1. The molecule has 1 saturated heterocycles. The first-order valence-corrected chi connectivity index (χ1v) is 10.3. The maximum absolute atomic E-state index is 4.56. The van der Waals surface area contributed by atoms with E-state index in [9.17, 15) is 0 Å². The van der Waals surface area contributed by atoms with E-state index >= 15 is 0 Å². The highest BCUT2D eigenvalue weighted by molar-refractivity contribution is 14.0. The van der Waals surface area contributed by atoms with Crippen LogP contribution in [0.25, 0.3) is 0 Å². The summed E-state index contributed by atoms with van der Waals surface area (Å²) in [5, 5.41) is 5.61. The highest BCUT2D eigenvalue weighted by atomic mass is 127. The predicted molar refractivity (Wildman–Crippen MR) is 127 cm³/mol. The van der Waals surface area contributed by atoms with E-state index in [4.69, 9.17) is 0 Å². The second kappa shape index (κ2) is 11.5. The first kappa shape index (κ1) is 21.9. The zero-order valence-corrected chi connectivity index (χ0v) is 19.4. The molecule has 0 unspecified atom stereocenters. The van der Waals surface area contributed by atoms with Crippen molar-refractivity contribution in [3.63, 3.8) is 0 Å². The maximum Gasteiger partial charge on any atom is 0.193 e. The summed E-state index contributed by atoms with van der Waals surface area (Å²) in [6.07, 6.45) is 6.84. The fourth-order valence-electron chi connectivity index (χ4n) is 3.27. The lowest BCUT2D eigenvalue weighted by atomic mass is 10.1. The van der Waals surface area contributed by atoms with Crippen LogP contribution in [0.2, 0.25) is 0 Å². The molecule has 0 spiro atoms. The van der Waals surface area contributed by atoms with Gasteiger partial charge in [-0.3, -0.25) is 4.99 Å². The zero-order valence-electron chi connectivity index (χ0n) is 16.2. The van der Waals surface area contributed by atoms with Gasteiger partial charge in [0.15, 0.2) is 5.96 Å². The van der Waals surface area contributed by atoms with E-state index in [1.54, 1.807) is 0 Å². The Morgan fingerprint density at radius 3 is 2.81 bits per heavy atom. The molecule has 1 N–H and O–H groups in total. The number of thiophene rings is 1. The number of hydrogen-bond donors (Lipinski definition) is 1. The molecule has 7 heteroatoms. The molecule has 5 nitrogen and oxygen atoms in total. The van der Waals surface area contributed by atoms with E-state index in [2.05, 4.69) is 61.8 Å². The molecule has 3 rings (SSSR count). The second-order valence-corrected chi connectivity index (χ2v) is 7.75. The van der Waals surface area contributed by atoms with Crippen LogP contribution in [0.15, 0.2) is 40.8 Å². The summed E-state index contributed by atoms with van der Waals surface area (Å²) in [7, 11) is 3.93. The molecule has 1 aliphatic heterocycles. The van der Waals surface area contributed by atoms with Crippen molar-refractivity contribution in [3.05, 3.63) is 46.3 Å². The SMILES string of the molecule is CN=C(NCc1ccnc(N2CCCCC2)c1)N(C)CCc1cccs1.I. The quantitative estimate of drug-likeness (QED) is 0.371. The van der Waals surface area contributed by atoms with Gasteiger partial charge in [0.05, 0.1) is 0 Å². The van der Waals surface area contributed by atoms with Crippen LogP contribution in [0.4, 0.5) is 5.82 Å². The fourth-order valence-corrected chi connectivity index (χ4v) is 3.97. The number of pyridine rings is 1. The number of aliphatic imine (C=N–C) groups is 1. The van der Waals surface area contributed by atoms with Crippen LogP contribution >= 0.6 is 35.3 Å². The van der Waals surface area contributed by atoms with Crippen molar-refractivity contribution in [1.82, 2.24) is 15.2 Å². The van der Waals surface area contributed by atoms with Gasteiger partial charge in [-0.05, 0) is 54.8 Å². The van der Waals surface area contributed by atoms with E-state index < -0.39 is 0 Å². The van der Waals surface area contributed by atoms with Crippen molar-refractivity contribution in [2.24, 2.45) is 4.99 Å². The third-order valence-electron chi connectivity index (χ3n) is 4.79. The topological polar surface area (TPSA) is 43.8 Å². The summed E-state index contributed by atoms with van der Waals surface area (Å²) in [5.41, 5.74) is 1.24. The third-order valence-corrected chi connectivity index (χ3v) is 5.72. The van der Waals surface area contributed by atoms with E-state index in [0.29, 0.717) is 0 Å². The molecule has 0 radical (unpaired) electrons. The van der Waals surface area contributed by atoms with Crippen molar-refractivity contribution in [2.75, 3.05) is 38.6 Å². The standard InChI is InChI=1S/C20H29N5S.HI/c1-21-20(24(2)13-9-18-7-6-14-26-18)23-16-17-8-10-22-19(15-17)25-11-4-3-5-12-25;/h6-8,10,14-15H,3-5,9,11-13,16H2,1-2H3,(H,21,23);1H. The van der Waals surface area contributed by atoms with Crippen LogP contribution in [-0.4, -0.2) is 49.6 Å². The van der Waals surface area contributed by atoms with Crippen LogP contribution in [-0.2, 0) is 13.0 Å². The minimum Gasteiger partial charge on any atom is -0.357 e. The second-order valence-electron chi connectivity index (χ2n) is 6.72. The van der Waals surface area contributed by atoms with Gasteiger partial charge in [-0.2, -0.15) is 0 Å². The van der Waals surface area contributed by atoms with Crippen molar-refractivity contribution >= 4 is 47.1 Å². The number of halogens is 1. The number of anilines is 1. The fraction of sp³-hybridized carbons (Fsp3) is 0.500. The highest BCUT2D eigenvalue weighted by Crippen LogP contribution is 2.18. The number of guanidine groups is 1. The number of rotatable bonds is 6. The van der Waals surface area contributed by atoms with Crippen LogP contribution in [0, 0.1) is 0 Å². The van der Waals surface area contributed by atoms with Gasteiger partial charge in [-0.1, -0.05) is 6.07 Å². The monoisotopic (exact) mass is 499 g/mol. The molecule has 1 aliphatic rings. The molecule has 0 aromatic carbocycles. The number of hydrogen-bond acceptors (Lipinski definition) is 4. The smallest absolute Gasteiger partial charge is 0.193 e. The van der Waals surface area contributed by atoms with Gasteiger partial charge in [-0.25, -0.2) is 4.98 Å². The summed E-state index contributed by atoms with van der Waals surface area (Å²) < 4.78 is 0. The van der Waals surface area contributed by atoms with Crippen LogP contribution in [0.5, 0.6) is 0 Å². The van der Waals surface area contributed by atoms with Gasteiger partial charge in [0.2, 0.25) is 0 Å². The average Bonchev–Trinajstić information content (AvgIpc) is 3.21. The lowest BCUT2D eigenvalue weighted by Crippen LogP contribution is -2.39. The molecule has 0 saturated carbocycles. The molecule has 0 atom stereocenters. The van der Waals surface area contributed by atoms with E-state index in [-0.39, 0.29) is 24.0 Å². The Labute approximate surface area is 183 Å². The molecule has 27 heavy (non-hydrogen) atoms. The van der Waals surface area contributed by atoms with Gasteiger partial charge >= 0.3 is 0 Å². The molecule has 2 aromatic rings. The summed E-state index contributed by atoms with van der Waals surface area (Å²) >= 11 is 1.81. The summed E-state index contributed by atoms with van der Waals surface area (Å²) in [5.74, 6) is 2.03. The van der Waals surface area contributed by atoms with Crippen molar-refractivity contribution in [3.8, 4) is 0 Å². The van der Waals surface area contributed by atoms with E-state index in [1.807, 2.05) is 24.6 Å². The first-order valence-electron chi connectivity index (χ1n) is 9.40. The van der Waals surface area contributed by atoms with Crippen molar-refractivity contribution < 1.29 is 0 Å². The van der Waals surface area contributed by atoms with Crippen LogP contribution < -0.4 is 10.2 Å². The Morgan fingerprint density at radius 2 is 2.11 bits per heavy atom. The Hall–Kier alpha value is -1.35. The van der Waals surface area contributed by atoms with Gasteiger partial charge in [-0.15, -0.1) is 35.3 Å². The number of nitrogens with one attached hydrogen (secondary N) is 1. The van der Waals surface area contributed by atoms with Gasteiger partial charge in [0.1, 0.15) is 5.82 Å². The minimum atomic E-state index is 0. The van der Waals surface area contributed by atoms with E-state index in [0.717, 1.165) is 44.4 Å². The minimum absolute atomic E-state index is 0. The van der Waals surface area contributed by atoms with Crippen molar-refractivity contribution in [2.45, 2.75) is 32.2 Å². The summed E-state index contributed by atoms with van der Waals surface area (Å²) in [4.78, 5) is 15.0. The lowest BCUT2D eigenvalue weighted by Gasteiger charge is -2.28. The molecular formula is C20H30IN5S. The third kappa shape index (κ3) is 6.64. The Balaban J connectivity index is 0.00000261. The lowest BCUT2D eigenvalue weighted by molar-refractivity contribution is 0.486. The Kier molecular flexibility index (Phi) is 9.33. The Morgan fingerprint density at radius 1 is 1.30 bits per heavy atom. The van der Waals surface area contributed by atoms with Gasteiger partial charge in [0.25, 0.3) is 0 Å². The first-order chi connectivity index (χ1) is 12.8. The molecular weight excluding hydrogens is 469 g/mol. The van der Waals surface area contributed by atoms with Crippen LogP contribution in [0.1, 0.15) is 29.7 Å². The van der Waals surface area contributed by atoms with Crippen molar-refractivity contribution in [1.29, 1.82) is 0 Å². The zero-order chi connectivity index (χ0) is 18.2. The summed E-state index contributed by atoms with van der Waals surface area (Å²) in [6.45, 7) is 3.96. The molecule has 1 fully saturated rings. The largest absolute Gasteiger partial charge is 0.357 e. The van der Waals surface area contributed by atoms with Gasteiger partial charge in [0, 0.05) is 51.3 Å².